The number of hydrogen-bond donors (Lipinski definition) is 1. The molecule has 3 nitrogen and oxygen atoms in total. The molecule has 0 radical (unpaired) electrons. The minimum absolute atomic E-state index is 0.114. The van der Waals surface area contributed by atoms with E-state index in [4.69, 9.17) is 11.6 Å². The molecule has 0 aliphatic heterocycles. The quantitative estimate of drug-likeness (QED) is 0.698. The standard InChI is InChI=1S/C20H20ClNO2/c1-20(2,3)14-6-4-13(5-7-14)12-22-11-10-15-17(21)9-8-16(18(15)22)19(23)24/h4-11H,12H2,1-3H3,(H,23,24). The molecule has 0 aliphatic rings. The van der Waals surface area contributed by atoms with Gasteiger partial charge in [0.2, 0.25) is 0 Å². The minimum Gasteiger partial charge on any atom is -0.478 e. The van der Waals surface area contributed by atoms with Crippen LogP contribution in [0.5, 0.6) is 0 Å². The van der Waals surface area contributed by atoms with Crippen LogP contribution < -0.4 is 0 Å². The summed E-state index contributed by atoms with van der Waals surface area (Å²) in [4.78, 5) is 11.5. The molecule has 0 atom stereocenters. The summed E-state index contributed by atoms with van der Waals surface area (Å²) in [5.74, 6) is -0.945. The zero-order chi connectivity index (χ0) is 17.5. The fraction of sp³-hybridized carbons (Fsp3) is 0.250. The van der Waals surface area contributed by atoms with Gasteiger partial charge in [0, 0.05) is 23.2 Å². The van der Waals surface area contributed by atoms with Gasteiger partial charge in [-0.3, -0.25) is 0 Å². The number of nitrogens with zero attached hydrogens (tertiary/aromatic N) is 1. The topological polar surface area (TPSA) is 42.2 Å². The summed E-state index contributed by atoms with van der Waals surface area (Å²) in [6, 6.07) is 13.5. The highest BCUT2D eigenvalue weighted by Crippen LogP contribution is 2.29. The van der Waals surface area contributed by atoms with Crippen LogP contribution in [0.15, 0.2) is 48.7 Å². The lowest BCUT2D eigenvalue weighted by Gasteiger charge is -2.19. The first kappa shape index (κ1) is 16.6. The average molecular weight is 342 g/mol. The zero-order valence-corrected chi connectivity index (χ0v) is 14.8. The molecule has 0 saturated carbocycles. The molecule has 1 aromatic heterocycles. The SMILES string of the molecule is CC(C)(C)c1ccc(Cn2ccc3c(Cl)ccc(C(=O)O)c32)cc1. The second-order valence-corrected chi connectivity index (χ2v) is 7.46. The fourth-order valence-corrected chi connectivity index (χ4v) is 3.12. The van der Waals surface area contributed by atoms with Gasteiger partial charge in [-0.15, -0.1) is 0 Å². The zero-order valence-electron chi connectivity index (χ0n) is 14.0. The van der Waals surface area contributed by atoms with Crippen molar-refractivity contribution in [1.29, 1.82) is 0 Å². The summed E-state index contributed by atoms with van der Waals surface area (Å²) in [7, 11) is 0. The largest absolute Gasteiger partial charge is 0.478 e. The molecule has 1 heterocycles. The average Bonchev–Trinajstić information content (AvgIpc) is 2.92. The van der Waals surface area contributed by atoms with Gasteiger partial charge in [0.15, 0.2) is 0 Å². The summed E-state index contributed by atoms with van der Waals surface area (Å²) in [6.45, 7) is 7.16. The van der Waals surface area contributed by atoms with Crippen LogP contribution in [-0.4, -0.2) is 15.6 Å². The van der Waals surface area contributed by atoms with E-state index in [2.05, 4.69) is 45.0 Å². The van der Waals surface area contributed by atoms with Crippen LogP contribution in [0.2, 0.25) is 5.02 Å². The minimum atomic E-state index is -0.945. The number of benzene rings is 2. The van der Waals surface area contributed by atoms with Crippen LogP contribution in [0.25, 0.3) is 10.9 Å². The molecule has 3 aromatic rings. The van der Waals surface area contributed by atoms with Gasteiger partial charge in [-0.25, -0.2) is 4.79 Å². The van der Waals surface area contributed by atoms with E-state index in [9.17, 15) is 9.90 Å². The van der Waals surface area contributed by atoms with E-state index in [1.807, 2.05) is 16.8 Å². The number of carboxylic acids is 1. The van der Waals surface area contributed by atoms with Gasteiger partial charge in [0.05, 0.1) is 11.1 Å². The number of carboxylic acid groups (broad SMARTS) is 1. The van der Waals surface area contributed by atoms with Gasteiger partial charge in [0.1, 0.15) is 0 Å². The van der Waals surface area contributed by atoms with Crippen LogP contribution in [0, 0.1) is 0 Å². The van der Waals surface area contributed by atoms with Gasteiger partial charge in [-0.2, -0.15) is 0 Å². The Kier molecular flexibility index (Phi) is 4.14. The van der Waals surface area contributed by atoms with E-state index in [1.54, 1.807) is 12.1 Å². The van der Waals surface area contributed by atoms with Crippen LogP contribution in [0.1, 0.15) is 42.3 Å². The van der Waals surface area contributed by atoms with E-state index in [0.29, 0.717) is 17.1 Å². The smallest absolute Gasteiger partial charge is 0.337 e. The number of fused-ring (bicyclic) bond motifs is 1. The number of carbonyl (C=O) groups is 1. The van der Waals surface area contributed by atoms with Gasteiger partial charge in [-0.1, -0.05) is 56.6 Å². The van der Waals surface area contributed by atoms with Crippen LogP contribution in [-0.2, 0) is 12.0 Å². The van der Waals surface area contributed by atoms with Crippen LogP contribution in [0.4, 0.5) is 0 Å². The van der Waals surface area contributed by atoms with E-state index in [-0.39, 0.29) is 11.0 Å². The number of halogens is 1. The van der Waals surface area contributed by atoms with Crippen LogP contribution in [0.3, 0.4) is 0 Å². The Bertz CT molecular complexity index is 902. The number of aromatic nitrogens is 1. The van der Waals surface area contributed by atoms with Gasteiger partial charge in [0.25, 0.3) is 0 Å². The maximum atomic E-state index is 11.5. The second-order valence-electron chi connectivity index (χ2n) is 7.05. The Balaban J connectivity index is 2.02. The predicted octanol–water partition coefficient (Wildman–Crippen LogP) is 5.34. The van der Waals surface area contributed by atoms with Crippen molar-refractivity contribution >= 4 is 28.5 Å². The molecular formula is C20H20ClNO2. The summed E-state index contributed by atoms with van der Waals surface area (Å²) < 4.78 is 1.94. The first-order valence-corrected chi connectivity index (χ1v) is 8.25. The van der Waals surface area contributed by atoms with Crippen molar-refractivity contribution < 1.29 is 9.90 Å². The maximum absolute atomic E-state index is 11.5. The van der Waals surface area contributed by atoms with Crippen molar-refractivity contribution in [2.45, 2.75) is 32.7 Å². The highest BCUT2D eigenvalue weighted by Gasteiger charge is 2.16. The molecule has 0 saturated heterocycles. The van der Waals surface area contributed by atoms with Gasteiger partial charge in [-0.05, 0) is 34.7 Å². The molecule has 2 aromatic carbocycles. The number of aromatic carboxylic acids is 1. The fourth-order valence-electron chi connectivity index (χ4n) is 2.90. The summed E-state index contributed by atoms with van der Waals surface area (Å²) >= 11 is 6.21. The Morgan fingerprint density at radius 3 is 2.33 bits per heavy atom. The Labute approximate surface area is 146 Å². The molecule has 24 heavy (non-hydrogen) atoms. The molecular weight excluding hydrogens is 322 g/mol. The summed E-state index contributed by atoms with van der Waals surface area (Å²) in [6.07, 6.45) is 1.89. The van der Waals surface area contributed by atoms with Crippen molar-refractivity contribution in [3.63, 3.8) is 0 Å². The normalized spacial score (nSPS) is 11.8. The molecule has 1 N–H and O–H groups in total. The Morgan fingerprint density at radius 2 is 1.75 bits per heavy atom. The van der Waals surface area contributed by atoms with Crippen molar-refractivity contribution in [3.8, 4) is 0 Å². The third-order valence-electron chi connectivity index (χ3n) is 4.28. The van der Waals surface area contributed by atoms with Crippen molar-refractivity contribution in [2.24, 2.45) is 0 Å². The maximum Gasteiger partial charge on any atom is 0.337 e. The molecule has 0 spiro atoms. The number of hydrogen-bond acceptors (Lipinski definition) is 1. The van der Waals surface area contributed by atoms with E-state index >= 15 is 0 Å². The lowest BCUT2D eigenvalue weighted by atomic mass is 9.87. The summed E-state index contributed by atoms with van der Waals surface area (Å²) in [5, 5.41) is 10.8. The molecule has 3 rings (SSSR count). The van der Waals surface area contributed by atoms with Crippen molar-refractivity contribution in [2.75, 3.05) is 0 Å². The van der Waals surface area contributed by atoms with Gasteiger partial charge < -0.3 is 9.67 Å². The van der Waals surface area contributed by atoms with Gasteiger partial charge >= 0.3 is 5.97 Å². The van der Waals surface area contributed by atoms with E-state index in [0.717, 1.165) is 10.9 Å². The third-order valence-corrected chi connectivity index (χ3v) is 4.61. The molecule has 124 valence electrons. The van der Waals surface area contributed by atoms with E-state index in [1.165, 1.54) is 5.56 Å². The Morgan fingerprint density at radius 1 is 1.08 bits per heavy atom. The van der Waals surface area contributed by atoms with Crippen LogP contribution >= 0.6 is 11.6 Å². The van der Waals surface area contributed by atoms with Crippen molar-refractivity contribution in [1.82, 2.24) is 4.57 Å². The number of rotatable bonds is 3. The Hall–Kier alpha value is -2.26. The highest BCUT2D eigenvalue weighted by atomic mass is 35.5. The summed E-state index contributed by atoms with van der Waals surface area (Å²) in [5.41, 5.74) is 3.44. The highest BCUT2D eigenvalue weighted by molar-refractivity contribution is 6.36. The molecule has 0 bridgehead atoms. The molecule has 0 unspecified atom stereocenters. The first-order valence-electron chi connectivity index (χ1n) is 7.87. The lowest BCUT2D eigenvalue weighted by molar-refractivity contribution is 0.0698. The van der Waals surface area contributed by atoms with Crippen molar-refractivity contribution in [3.05, 3.63) is 70.4 Å². The second kappa shape index (κ2) is 5.99. The molecule has 0 fully saturated rings. The first-order chi connectivity index (χ1) is 11.3. The molecule has 0 aliphatic carbocycles. The monoisotopic (exact) mass is 341 g/mol. The molecule has 4 heteroatoms. The van der Waals surface area contributed by atoms with E-state index < -0.39 is 5.97 Å². The lowest BCUT2D eigenvalue weighted by Crippen LogP contribution is -2.11. The third kappa shape index (κ3) is 3.04. The molecule has 0 amide bonds. The predicted molar refractivity (Wildman–Crippen MR) is 98.2 cm³/mol.